The maximum atomic E-state index is 13.2. The number of thioether (sulfide) groups is 1. The molecule has 1 aromatic heterocycles. The van der Waals surface area contributed by atoms with Crippen LogP contribution in [0.3, 0.4) is 0 Å². The van der Waals surface area contributed by atoms with Crippen molar-refractivity contribution in [1.29, 1.82) is 0 Å². The number of benzene rings is 2. The van der Waals surface area contributed by atoms with Crippen molar-refractivity contribution in [2.75, 3.05) is 12.8 Å². The van der Waals surface area contributed by atoms with E-state index in [1.807, 2.05) is 6.92 Å². The first-order valence-electron chi connectivity index (χ1n) is 9.26. The number of carbonyl (C=O) groups is 1. The highest BCUT2D eigenvalue weighted by molar-refractivity contribution is 7.99. The Hall–Kier alpha value is -2.64. The summed E-state index contributed by atoms with van der Waals surface area (Å²) in [5.41, 5.74) is 1.11. The summed E-state index contributed by atoms with van der Waals surface area (Å²) in [5, 5.41) is 1.36. The van der Waals surface area contributed by atoms with E-state index < -0.39 is 0 Å². The van der Waals surface area contributed by atoms with E-state index in [0.717, 1.165) is 5.56 Å². The van der Waals surface area contributed by atoms with Gasteiger partial charge in [0.05, 0.1) is 22.7 Å². The van der Waals surface area contributed by atoms with E-state index in [1.54, 1.807) is 48.4 Å². The van der Waals surface area contributed by atoms with E-state index in [0.29, 0.717) is 21.1 Å². The molecule has 3 aromatic rings. The highest BCUT2D eigenvalue weighted by Gasteiger charge is 2.19. The van der Waals surface area contributed by atoms with Gasteiger partial charge in [0.1, 0.15) is 5.82 Å². The van der Waals surface area contributed by atoms with E-state index in [4.69, 9.17) is 11.6 Å². The molecule has 0 N–H and O–H groups in total. The Morgan fingerprint density at radius 2 is 2.03 bits per heavy atom. The molecule has 5 nitrogen and oxygen atoms in total. The lowest BCUT2D eigenvalue weighted by Crippen LogP contribution is -2.31. The first kappa shape index (κ1) is 22.1. The van der Waals surface area contributed by atoms with Crippen molar-refractivity contribution >= 4 is 40.2 Å². The van der Waals surface area contributed by atoms with Crippen molar-refractivity contribution in [2.45, 2.75) is 24.7 Å². The number of amides is 1. The smallest absolute Gasteiger partial charge is 0.262 e. The topological polar surface area (TPSA) is 55.2 Å². The average molecular weight is 446 g/mol. The van der Waals surface area contributed by atoms with Gasteiger partial charge in [-0.15, -0.1) is 6.58 Å². The van der Waals surface area contributed by atoms with E-state index in [2.05, 4.69) is 11.6 Å². The molecule has 0 radical (unpaired) electrons. The zero-order valence-electron chi connectivity index (χ0n) is 16.6. The summed E-state index contributed by atoms with van der Waals surface area (Å²) in [6, 6.07) is 10.8. The molecule has 1 amide bonds. The van der Waals surface area contributed by atoms with Gasteiger partial charge in [-0.2, -0.15) is 0 Å². The first-order valence-corrected chi connectivity index (χ1v) is 10.6. The Balaban J connectivity index is 1.82. The number of carbonyl (C=O) groups excluding carboxylic acids is 1. The lowest BCUT2D eigenvalue weighted by Gasteiger charge is -2.25. The minimum atomic E-state index is -0.321. The van der Waals surface area contributed by atoms with Crippen LogP contribution in [0, 0.1) is 5.82 Å². The molecule has 0 saturated carbocycles. The molecule has 0 aliphatic heterocycles. The molecule has 0 saturated heterocycles. The second-order valence-electron chi connectivity index (χ2n) is 6.78. The molecule has 2 aromatic carbocycles. The Morgan fingerprint density at radius 1 is 1.33 bits per heavy atom. The predicted octanol–water partition coefficient (Wildman–Crippen LogP) is 4.69. The standard InChI is InChI=1S/C22H21ClFN3O2S/c1-4-11-27-21(29)18-10-7-16(23)12-19(18)25-22(27)30-13-20(28)26(3)14(2)15-5-8-17(24)9-6-15/h4-10,12,14H,1,11,13H2,2-3H3. The van der Waals surface area contributed by atoms with Crippen LogP contribution in [0.25, 0.3) is 10.9 Å². The lowest BCUT2D eigenvalue weighted by molar-refractivity contribution is -0.128. The van der Waals surface area contributed by atoms with Gasteiger partial charge in [0.2, 0.25) is 5.91 Å². The van der Waals surface area contributed by atoms with Crippen LogP contribution in [-0.2, 0) is 11.3 Å². The van der Waals surface area contributed by atoms with Crippen molar-refractivity contribution in [2.24, 2.45) is 0 Å². The van der Waals surface area contributed by atoms with Crippen molar-refractivity contribution < 1.29 is 9.18 Å². The fourth-order valence-corrected chi connectivity index (χ4v) is 4.08. The highest BCUT2D eigenvalue weighted by Crippen LogP contribution is 2.23. The summed E-state index contributed by atoms with van der Waals surface area (Å²) in [4.78, 5) is 31.7. The molecule has 0 aliphatic carbocycles. The first-order chi connectivity index (χ1) is 14.3. The van der Waals surface area contributed by atoms with Crippen LogP contribution in [0.15, 0.2) is 65.1 Å². The Labute approximate surface area is 183 Å². The number of fused-ring (bicyclic) bond motifs is 1. The second-order valence-corrected chi connectivity index (χ2v) is 8.16. The summed E-state index contributed by atoms with van der Waals surface area (Å²) < 4.78 is 14.6. The van der Waals surface area contributed by atoms with Crippen LogP contribution >= 0.6 is 23.4 Å². The van der Waals surface area contributed by atoms with Gasteiger partial charge in [-0.3, -0.25) is 14.2 Å². The van der Waals surface area contributed by atoms with Crippen LogP contribution in [0.4, 0.5) is 4.39 Å². The van der Waals surface area contributed by atoms with Gasteiger partial charge in [-0.05, 0) is 42.8 Å². The average Bonchev–Trinajstić information content (AvgIpc) is 2.73. The van der Waals surface area contributed by atoms with Gasteiger partial charge in [0.25, 0.3) is 5.56 Å². The number of allylic oxidation sites excluding steroid dienone is 1. The van der Waals surface area contributed by atoms with Crippen LogP contribution in [0.2, 0.25) is 5.02 Å². The Kier molecular flexibility index (Phi) is 6.95. The van der Waals surface area contributed by atoms with Gasteiger partial charge in [0.15, 0.2) is 5.16 Å². The summed E-state index contributed by atoms with van der Waals surface area (Å²) in [7, 11) is 1.70. The summed E-state index contributed by atoms with van der Waals surface area (Å²) in [6.07, 6.45) is 1.61. The molecule has 0 spiro atoms. The van der Waals surface area contributed by atoms with Gasteiger partial charge >= 0.3 is 0 Å². The molecule has 1 atom stereocenters. The van der Waals surface area contributed by atoms with Crippen LogP contribution in [0.1, 0.15) is 18.5 Å². The molecule has 1 heterocycles. The zero-order chi connectivity index (χ0) is 21.8. The van der Waals surface area contributed by atoms with E-state index in [9.17, 15) is 14.0 Å². The van der Waals surface area contributed by atoms with Crippen molar-refractivity contribution in [3.8, 4) is 0 Å². The minimum absolute atomic E-state index is 0.0949. The van der Waals surface area contributed by atoms with Gasteiger partial charge in [0, 0.05) is 18.6 Å². The largest absolute Gasteiger partial charge is 0.338 e. The molecular formula is C22H21ClFN3O2S. The molecule has 0 aliphatic rings. The number of rotatable bonds is 7. The van der Waals surface area contributed by atoms with Crippen molar-refractivity contribution in [3.05, 3.63) is 81.9 Å². The molecule has 156 valence electrons. The quantitative estimate of drug-likeness (QED) is 0.301. The van der Waals surface area contributed by atoms with Crippen molar-refractivity contribution in [1.82, 2.24) is 14.5 Å². The van der Waals surface area contributed by atoms with Crippen LogP contribution in [-0.4, -0.2) is 33.2 Å². The normalized spacial score (nSPS) is 12.0. The van der Waals surface area contributed by atoms with Gasteiger partial charge in [-0.1, -0.05) is 41.6 Å². The Bertz CT molecular complexity index is 1150. The maximum Gasteiger partial charge on any atom is 0.262 e. The molecule has 30 heavy (non-hydrogen) atoms. The third kappa shape index (κ3) is 4.74. The fourth-order valence-electron chi connectivity index (χ4n) is 2.98. The summed E-state index contributed by atoms with van der Waals surface area (Å²) >= 11 is 7.22. The van der Waals surface area contributed by atoms with E-state index >= 15 is 0 Å². The van der Waals surface area contributed by atoms with Crippen LogP contribution < -0.4 is 5.56 Å². The molecule has 0 fully saturated rings. The summed E-state index contributed by atoms with van der Waals surface area (Å²) in [6.45, 7) is 5.85. The molecular weight excluding hydrogens is 425 g/mol. The molecule has 8 heteroatoms. The number of aromatic nitrogens is 2. The van der Waals surface area contributed by atoms with E-state index in [-0.39, 0.29) is 35.6 Å². The highest BCUT2D eigenvalue weighted by atomic mass is 35.5. The zero-order valence-corrected chi connectivity index (χ0v) is 18.2. The molecule has 1 unspecified atom stereocenters. The number of hydrogen-bond donors (Lipinski definition) is 0. The predicted molar refractivity (Wildman–Crippen MR) is 120 cm³/mol. The number of halogens is 2. The molecule has 0 bridgehead atoms. The van der Waals surface area contributed by atoms with Crippen molar-refractivity contribution in [3.63, 3.8) is 0 Å². The van der Waals surface area contributed by atoms with Crippen LogP contribution in [0.5, 0.6) is 0 Å². The Morgan fingerprint density at radius 3 is 2.70 bits per heavy atom. The number of hydrogen-bond acceptors (Lipinski definition) is 4. The number of nitrogens with zero attached hydrogens (tertiary/aromatic N) is 3. The third-order valence-electron chi connectivity index (χ3n) is 4.85. The van der Waals surface area contributed by atoms with E-state index in [1.165, 1.54) is 28.5 Å². The fraction of sp³-hybridized carbons (Fsp3) is 0.227. The molecule has 3 rings (SSSR count). The summed E-state index contributed by atoms with van der Waals surface area (Å²) in [5.74, 6) is -0.363. The second kappa shape index (κ2) is 9.45. The third-order valence-corrected chi connectivity index (χ3v) is 6.04. The maximum absolute atomic E-state index is 13.2. The van der Waals surface area contributed by atoms with Gasteiger partial charge < -0.3 is 4.90 Å². The monoisotopic (exact) mass is 445 g/mol. The SMILES string of the molecule is C=CCn1c(SCC(=O)N(C)C(C)c2ccc(F)cc2)nc2cc(Cl)ccc2c1=O. The lowest BCUT2D eigenvalue weighted by atomic mass is 10.1. The van der Waals surface area contributed by atoms with Gasteiger partial charge in [-0.25, -0.2) is 9.37 Å². The minimum Gasteiger partial charge on any atom is -0.338 e.